The minimum Gasteiger partial charge on any atom is -0.496 e. The molecule has 0 saturated heterocycles. The molecule has 0 radical (unpaired) electrons. The third kappa shape index (κ3) is 9.86. The zero-order chi connectivity index (χ0) is 38.2. The molecule has 0 unspecified atom stereocenters. The second-order valence-corrected chi connectivity index (χ2v) is 14.9. The zero-order valence-electron chi connectivity index (χ0n) is 30.5. The average molecular weight is 737 g/mol. The molecule has 0 atom stereocenters. The molecule has 4 aromatic rings. The molecule has 0 saturated carbocycles. The Morgan fingerprint density at radius 3 is 2.27 bits per heavy atom. The van der Waals surface area contributed by atoms with Crippen molar-refractivity contribution < 1.29 is 41.5 Å². The van der Waals surface area contributed by atoms with Gasteiger partial charge in [-0.2, -0.15) is 0 Å². The number of sulfonamides is 1. The third-order valence-corrected chi connectivity index (χ3v) is 9.86. The number of carbonyl (C=O) groups excluding carboxylic acids is 1. The predicted octanol–water partition coefficient (Wildman–Crippen LogP) is 8.11. The van der Waals surface area contributed by atoms with E-state index in [-0.39, 0.29) is 30.6 Å². The molecule has 0 bridgehead atoms. The standard InChI is InChI=1S/C39H45FN2O9S/c1-8-49-19-20-50-31-21-26(2)38(27(3)22-31)32-23-28(13-17-35(32)48-7)25-41(52(46,47)36-12-10-9-11-34(36)42(44)45)30-16-14-29(33(40)24-30)15-18-37(43)51-39(4,5)6/h9-14,16-17,21-24H,8,15,18-20,25H2,1-7H3. The molecule has 13 heteroatoms. The number of benzene rings is 4. The van der Waals surface area contributed by atoms with Crippen molar-refractivity contribution in [3.05, 3.63) is 111 Å². The molecule has 11 nitrogen and oxygen atoms in total. The molecule has 0 aliphatic heterocycles. The second-order valence-electron chi connectivity index (χ2n) is 13.1. The first kappa shape index (κ1) is 39.8. The molecule has 52 heavy (non-hydrogen) atoms. The van der Waals surface area contributed by atoms with Crippen LogP contribution in [-0.4, -0.2) is 51.8 Å². The van der Waals surface area contributed by atoms with E-state index in [4.69, 9.17) is 18.9 Å². The van der Waals surface area contributed by atoms with Gasteiger partial charge in [-0.05, 0) is 118 Å². The van der Waals surface area contributed by atoms with Crippen molar-refractivity contribution in [3.8, 4) is 22.6 Å². The number of nitrogens with zero attached hydrogens (tertiary/aromatic N) is 2. The number of halogens is 1. The largest absolute Gasteiger partial charge is 0.496 e. The number of rotatable bonds is 16. The fourth-order valence-corrected chi connectivity index (χ4v) is 7.40. The topological polar surface area (TPSA) is 135 Å². The molecular formula is C39H45FN2O9S. The first-order valence-corrected chi connectivity index (χ1v) is 18.2. The highest BCUT2D eigenvalue weighted by Crippen LogP contribution is 2.39. The van der Waals surface area contributed by atoms with E-state index in [1.54, 1.807) is 39.0 Å². The number of hydrogen-bond acceptors (Lipinski definition) is 9. The predicted molar refractivity (Wildman–Crippen MR) is 197 cm³/mol. The van der Waals surface area contributed by atoms with Gasteiger partial charge in [0.2, 0.25) is 0 Å². The van der Waals surface area contributed by atoms with Crippen LogP contribution in [0.1, 0.15) is 56.4 Å². The molecule has 0 amide bonds. The number of nitro benzene ring substituents is 1. The zero-order valence-corrected chi connectivity index (χ0v) is 31.3. The summed E-state index contributed by atoms with van der Waals surface area (Å²) in [6, 6.07) is 17.9. The number of ether oxygens (including phenoxy) is 4. The van der Waals surface area contributed by atoms with Crippen molar-refractivity contribution in [1.82, 2.24) is 0 Å². The van der Waals surface area contributed by atoms with Gasteiger partial charge in [-0.3, -0.25) is 19.2 Å². The number of anilines is 1. The molecule has 0 heterocycles. The van der Waals surface area contributed by atoms with Gasteiger partial charge in [0, 0.05) is 24.7 Å². The van der Waals surface area contributed by atoms with Crippen LogP contribution in [-0.2, 0) is 37.3 Å². The van der Waals surface area contributed by atoms with Crippen molar-refractivity contribution in [2.45, 2.75) is 71.4 Å². The van der Waals surface area contributed by atoms with Crippen molar-refractivity contribution >= 4 is 27.4 Å². The van der Waals surface area contributed by atoms with Crippen molar-refractivity contribution in [1.29, 1.82) is 0 Å². The number of nitro groups is 1. The molecular weight excluding hydrogens is 691 g/mol. The lowest BCUT2D eigenvalue weighted by Gasteiger charge is -2.26. The molecule has 0 aromatic heterocycles. The summed E-state index contributed by atoms with van der Waals surface area (Å²) in [5, 5.41) is 11.9. The highest BCUT2D eigenvalue weighted by atomic mass is 32.2. The van der Waals surface area contributed by atoms with E-state index < -0.39 is 42.9 Å². The van der Waals surface area contributed by atoms with Crippen LogP contribution in [0.4, 0.5) is 15.8 Å². The molecule has 0 spiro atoms. The number of para-hydroxylation sites is 1. The quantitative estimate of drug-likeness (QED) is 0.0484. The molecule has 0 aliphatic carbocycles. The molecule has 4 aromatic carbocycles. The Morgan fingerprint density at radius 1 is 0.962 bits per heavy atom. The summed E-state index contributed by atoms with van der Waals surface area (Å²) in [5.74, 6) is -0.0320. The van der Waals surface area contributed by atoms with E-state index in [9.17, 15) is 23.3 Å². The Hall–Kier alpha value is -5.01. The summed E-state index contributed by atoms with van der Waals surface area (Å²) < 4.78 is 67.6. The smallest absolute Gasteiger partial charge is 0.306 e. The SMILES string of the molecule is CCOCCOc1cc(C)c(-c2cc(CN(c3ccc(CCC(=O)OC(C)(C)C)c(F)c3)S(=O)(=O)c3ccccc3[N+](=O)[O-])ccc2OC)c(C)c1. The van der Waals surface area contributed by atoms with Gasteiger partial charge in [-0.1, -0.05) is 24.3 Å². The normalized spacial score (nSPS) is 11.6. The highest BCUT2D eigenvalue weighted by Gasteiger charge is 2.33. The van der Waals surface area contributed by atoms with Gasteiger partial charge in [-0.15, -0.1) is 0 Å². The number of aryl methyl sites for hydroxylation is 3. The summed E-state index contributed by atoms with van der Waals surface area (Å²) in [6.45, 7) is 12.1. The van der Waals surface area contributed by atoms with Gasteiger partial charge in [0.1, 0.15) is 29.5 Å². The second kappa shape index (κ2) is 17.0. The van der Waals surface area contributed by atoms with Crippen LogP contribution in [0.2, 0.25) is 0 Å². The minimum absolute atomic E-state index is 0.0226. The average Bonchev–Trinajstić information content (AvgIpc) is 3.07. The Kier molecular flexibility index (Phi) is 13.0. The maximum atomic E-state index is 15.6. The first-order chi connectivity index (χ1) is 24.5. The molecule has 4 rings (SSSR count). The maximum Gasteiger partial charge on any atom is 0.306 e. The molecule has 0 aliphatic rings. The van der Waals surface area contributed by atoms with Crippen LogP contribution in [0, 0.1) is 29.8 Å². The summed E-state index contributed by atoms with van der Waals surface area (Å²) in [6.07, 6.45) is -0.0611. The van der Waals surface area contributed by atoms with Gasteiger partial charge in [0.25, 0.3) is 15.7 Å². The first-order valence-electron chi connectivity index (χ1n) is 16.8. The van der Waals surface area contributed by atoms with Gasteiger partial charge >= 0.3 is 5.97 Å². The van der Waals surface area contributed by atoms with E-state index in [0.717, 1.165) is 39.2 Å². The summed E-state index contributed by atoms with van der Waals surface area (Å²) >= 11 is 0. The van der Waals surface area contributed by atoms with Crippen molar-refractivity contribution in [2.75, 3.05) is 31.2 Å². The number of hydrogen-bond donors (Lipinski definition) is 0. The Morgan fingerprint density at radius 2 is 1.65 bits per heavy atom. The van der Waals surface area contributed by atoms with Gasteiger partial charge < -0.3 is 18.9 Å². The summed E-state index contributed by atoms with van der Waals surface area (Å²) in [5.41, 5.74) is 2.61. The number of esters is 1. The fraction of sp³-hybridized carbons (Fsp3) is 0.359. The van der Waals surface area contributed by atoms with Crippen LogP contribution in [0.15, 0.2) is 77.7 Å². The van der Waals surface area contributed by atoms with Gasteiger partial charge in [0.05, 0.1) is 30.9 Å². The third-order valence-electron chi connectivity index (χ3n) is 8.04. The van der Waals surface area contributed by atoms with E-state index in [0.29, 0.717) is 42.4 Å². The maximum absolute atomic E-state index is 15.6. The van der Waals surface area contributed by atoms with Crippen molar-refractivity contribution in [2.24, 2.45) is 0 Å². The Bertz CT molecular complexity index is 2000. The number of methoxy groups -OCH3 is 1. The summed E-state index contributed by atoms with van der Waals surface area (Å²) in [7, 11) is -3.10. The van der Waals surface area contributed by atoms with Gasteiger partial charge in [-0.25, -0.2) is 12.8 Å². The molecule has 0 N–H and O–H groups in total. The minimum atomic E-state index is -4.64. The van der Waals surface area contributed by atoms with Gasteiger partial charge in [0.15, 0.2) is 4.90 Å². The Balaban J connectivity index is 1.77. The van der Waals surface area contributed by atoms with E-state index in [1.165, 1.54) is 31.4 Å². The van der Waals surface area contributed by atoms with Crippen molar-refractivity contribution in [3.63, 3.8) is 0 Å². The lowest BCUT2D eigenvalue weighted by atomic mass is 9.93. The van der Waals surface area contributed by atoms with E-state index in [2.05, 4.69) is 0 Å². The van der Waals surface area contributed by atoms with E-state index in [1.807, 2.05) is 32.9 Å². The Labute approximate surface area is 304 Å². The van der Waals surface area contributed by atoms with Crippen LogP contribution >= 0.6 is 0 Å². The molecule has 278 valence electrons. The van der Waals surface area contributed by atoms with Crippen LogP contribution in [0.5, 0.6) is 11.5 Å². The van der Waals surface area contributed by atoms with Crippen LogP contribution in [0.3, 0.4) is 0 Å². The number of carbonyl (C=O) groups is 1. The van der Waals surface area contributed by atoms with Crippen LogP contribution in [0.25, 0.3) is 11.1 Å². The van der Waals surface area contributed by atoms with Crippen LogP contribution < -0.4 is 13.8 Å². The fourth-order valence-electron chi connectivity index (χ4n) is 5.79. The lowest BCUT2D eigenvalue weighted by molar-refractivity contribution is -0.387. The lowest BCUT2D eigenvalue weighted by Crippen LogP contribution is -2.31. The molecule has 0 fully saturated rings. The monoisotopic (exact) mass is 736 g/mol. The highest BCUT2D eigenvalue weighted by molar-refractivity contribution is 7.93. The summed E-state index contributed by atoms with van der Waals surface area (Å²) in [4.78, 5) is 22.9. The van der Waals surface area contributed by atoms with E-state index >= 15 is 4.39 Å².